The molecule has 5 heteroatoms. The summed E-state index contributed by atoms with van der Waals surface area (Å²) in [6, 6.07) is 5.51. The van der Waals surface area contributed by atoms with Crippen molar-refractivity contribution in [1.82, 2.24) is 9.97 Å². The first kappa shape index (κ1) is 13.2. The summed E-state index contributed by atoms with van der Waals surface area (Å²) in [5.74, 6) is 2.29. The SMILES string of the molecule is CNc1nc(-c2ccc(Cl)cc2OC)nc2c1CCC2. The number of hydrogen-bond acceptors (Lipinski definition) is 4. The maximum absolute atomic E-state index is 6.00. The molecule has 104 valence electrons. The molecule has 0 saturated carbocycles. The van der Waals surface area contributed by atoms with Crippen LogP contribution in [0.2, 0.25) is 5.02 Å². The average molecular weight is 290 g/mol. The number of hydrogen-bond donors (Lipinski definition) is 1. The summed E-state index contributed by atoms with van der Waals surface area (Å²) in [6.45, 7) is 0. The Balaban J connectivity index is 2.15. The molecule has 0 unspecified atom stereocenters. The Morgan fingerprint density at radius 2 is 2.10 bits per heavy atom. The van der Waals surface area contributed by atoms with Gasteiger partial charge < -0.3 is 10.1 Å². The molecule has 0 aliphatic heterocycles. The van der Waals surface area contributed by atoms with Gasteiger partial charge in [-0.25, -0.2) is 9.97 Å². The van der Waals surface area contributed by atoms with Crippen LogP contribution < -0.4 is 10.1 Å². The van der Waals surface area contributed by atoms with Gasteiger partial charge in [-0.15, -0.1) is 0 Å². The molecule has 0 saturated heterocycles. The highest BCUT2D eigenvalue weighted by Gasteiger charge is 2.20. The molecule has 0 amide bonds. The van der Waals surface area contributed by atoms with Crippen LogP contribution in [0.1, 0.15) is 17.7 Å². The molecule has 0 fully saturated rings. The molecule has 1 aliphatic carbocycles. The van der Waals surface area contributed by atoms with Crippen LogP contribution in [0, 0.1) is 0 Å². The summed E-state index contributed by atoms with van der Waals surface area (Å²) in [5.41, 5.74) is 3.24. The van der Waals surface area contributed by atoms with Crippen LogP contribution in [-0.2, 0) is 12.8 Å². The van der Waals surface area contributed by atoms with E-state index in [0.29, 0.717) is 16.6 Å². The van der Waals surface area contributed by atoms with Crippen LogP contribution in [0.25, 0.3) is 11.4 Å². The van der Waals surface area contributed by atoms with Gasteiger partial charge in [0, 0.05) is 23.3 Å². The van der Waals surface area contributed by atoms with Crippen molar-refractivity contribution in [2.75, 3.05) is 19.5 Å². The Morgan fingerprint density at radius 3 is 2.85 bits per heavy atom. The number of halogens is 1. The van der Waals surface area contributed by atoms with Gasteiger partial charge in [0.1, 0.15) is 11.6 Å². The molecule has 2 aromatic rings. The minimum Gasteiger partial charge on any atom is -0.496 e. The minimum atomic E-state index is 0.639. The van der Waals surface area contributed by atoms with Crippen LogP contribution in [-0.4, -0.2) is 24.1 Å². The van der Waals surface area contributed by atoms with Crippen LogP contribution in [0.15, 0.2) is 18.2 Å². The quantitative estimate of drug-likeness (QED) is 0.941. The third-order valence-electron chi connectivity index (χ3n) is 3.57. The fourth-order valence-corrected chi connectivity index (χ4v) is 2.77. The van der Waals surface area contributed by atoms with Gasteiger partial charge in [0.15, 0.2) is 5.82 Å². The van der Waals surface area contributed by atoms with Crippen molar-refractivity contribution in [3.63, 3.8) is 0 Å². The molecular formula is C15H16ClN3O. The van der Waals surface area contributed by atoms with Gasteiger partial charge in [-0.05, 0) is 37.5 Å². The zero-order valence-corrected chi connectivity index (χ0v) is 12.3. The van der Waals surface area contributed by atoms with E-state index in [1.807, 2.05) is 19.2 Å². The number of benzene rings is 1. The van der Waals surface area contributed by atoms with Gasteiger partial charge in [-0.2, -0.15) is 0 Å². The first-order valence-electron chi connectivity index (χ1n) is 6.64. The molecule has 20 heavy (non-hydrogen) atoms. The summed E-state index contributed by atoms with van der Waals surface area (Å²) in [7, 11) is 3.52. The molecule has 0 radical (unpaired) electrons. The number of methoxy groups -OCH3 is 1. The molecule has 0 atom stereocenters. The number of aryl methyl sites for hydroxylation is 1. The standard InChI is InChI=1S/C15H16ClN3O/c1-17-14-10-4-3-5-12(10)18-15(19-14)11-7-6-9(16)8-13(11)20-2/h6-8H,3-5H2,1-2H3,(H,17,18,19). The smallest absolute Gasteiger partial charge is 0.165 e. The van der Waals surface area contributed by atoms with E-state index in [1.165, 1.54) is 5.56 Å². The summed E-state index contributed by atoms with van der Waals surface area (Å²) in [5, 5.41) is 3.81. The molecule has 4 nitrogen and oxygen atoms in total. The topological polar surface area (TPSA) is 47.0 Å². The van der Waals surface area contributed by atoms with Crippen LogP contribution >= 0.6 is 11.6 Å². The number of nitrogens with one attached hydrogen (secondary N) is 1. The summed E-state index contributed by atoms with van der Waals surface area (Å²) in [6.07, 6.45) is 3.19. The lowest BCUT2D eigenvalue weighted by atomic mass is 10.1. The molecule has 1 N–H and O–H groups in total. The predicted octanol–water partition coefficient (Wildman–Crippen LogP) is 3.34. The van der Waals surface area contributed by atoms with E-state index in [-0.39, 0.29) is 0 Å². The number of nitrogens with zero attached hydrogens (tertiary/aromatic N) is 2. The number of ether oxygens (including phenoxy) is 1. The minimum absolute atomic E-state index is 0.639. The van der Waals surface area contributed by atoms with Gasteiger partial charge in [-0.1, -0.05) is 11.6 Å². The highest BCUT2D eigenvalue weighted by Crippen LogP contribution is 2.34. The normalized spacial score (nSPS) is 13.2. The van der Waals surface area contributed by atoms with Crippen molar-refractivity contribution in [3.05, 3.63) is 34.5 Å². The summed E-state index contributed by atoms with van der Waals surface area (Å²) in [4.78, 5) is 9.32. The second-order valence-corrected chi connectivity index (χ2v) is 5.21. The van der Waals surface area contributed by atoms with Gasteiger partial charge in [-0.3, -0.25) is 0 Å². The Morgan fingerprint density at radius 1 is 1.25 bits per heavy atom. The second-order valence-electron chi connectivity index (χ2n) is 4.77. The molecule has 3 rings (SSSR count). The van der Waals surface area contributed by atoms with Gasteiger partial charge in [0.2, 0.25) is 0 Å². The molecular weight excluding hydrogens is 274 g/mol. The first-order chi connectivity index (χ1) is 9.72. The number of anilines is 1. The fraction of sp³-hybridized carbons (Fsp3) is 0.333. The lowest BCUT2D eigenvalue weighted by Crippen LogP contribution is -2.04. The molecule has 0 bridgehead atoms. The zero-order chi connectivity index (χ0) is 14.1. The van der Waals surface area contributed by atoms with Gasteiger partial charge >= 0.3 is 0 Å². The molecule has 1 aliphatic rings. The van der Waals surface area contributed by atoms with Crippen LogP contribution in [0.3, 0.4) is 0 Å². The van der Waals surface area contributed by atoms with E-state index < -0.39 is 0 Å². The summed E-state index contributed by atoms with van der Waals surface area (Å²) >= 11 is 6.00. The first-order valence-corrected chi connectivity index (χ1v) is 7.02. The van der Waals surface area contributed by atoms with Gasteiger partial charge in [0.25, 0.3) is 0 Å². The van der Waals surface area contributed by atoms with E-state index in [1.54, 1.807) is 13.2 Å². The number of rotatable bonds is 3. The molecule has 1 heterocycles. The third-order valence-corrected chi connectivity index (χ3v) is 3.81. The van der Waals surface area contributed by atoms with Crippen LogP contribution in [0.4, 0.5) is 5.82 Å². The highest BCUT2D eigenvalue weighted by atomic mass is 35.5. The number of aromatic nitrogens is 2. The Hall–Kier alpha value is -1.81. The van der Waals surface area contributed by atoms with E-state index in [0.717, 1.165) is 36.3 Å². The largest absolute Gasteiger partial charge is 0.496 e. The average Bonchev–Trinajstić information content (AvgIpc) is 2.94. The van der Waals surface area contributed by atoms with E-state index >= 15 is 0 Å². The van der Waals surface area contributed by atoms with Gasteiger partial charge in [0.05, 0.1) is 12.7 Å². The van der Waals surface area contributed by atoms with Crippen LogP contribution in [0.5, 0.6) is 5.75 Å². The van der Waals surface area contributed by atoms with E-state index in [9.17, 15) is 0 Å². The lowest BCUT2D eigenvalue weighted by molar-refractivity contribution is 0.416. The Labute approximate surface area is 123 Å². The monoisotopic (exact) mass is 289 g/mol. The maximum Gasteiger partial charge on any atom is 0.165 e. The maximum atomic E-state index is 6.00. The molecule has 1 aromatic heterocycles. The summed E-state index contributed by atoms with van der Waals surface area (Å²) < 4.78 is 5.39. The van der Waals surface area contributed by atoms with Crippen molar-refractivity contribution >= 4 is 17.4 Å². The van der Waals surface area contributed by atoms with E-state index in [2.05, 4.69) is 10.3 Å². The molecule has 0 spiro atoms. The second kappa shape index (κ2) is 5.29. The Kier molecular flexibility index (Phi) is 3.49. The third kappa shape index (κ3) is 2.20. The van der Waals surface area contributed by atoms with Crippen molar-refractivity contribution in [1.29, 1.82) is 0 Å². The molecule has 1 aromatic carbocycles. The van der Waals surface area contributed by atoms with Crippen molar-refractivity contribution in [3.8, 4) is 17.1 Å². The highest BCUT2D eigenvalue weighted by molar-refractivity contribution is 6.30. The predicted molar refractivity (Wildman–Crippen MR) is 80.6 cm³/mol. The van der Waals surface area contributed by atoms with Crippen molar-refractivity contribution in [2.24, 2.45) is 0 Å². The van der Waals surface area contributed by atoms with E-state index in [4.69, 9.17) is 21.3 Å². The Bertz CT molecular complexity index is 658. The lowest BCUT2D eigenvalue weighted by Gasteiger charge is -2.12. The fourth-order valence-electron chi connectivity index (χ4n) is 2.61. The van der Waals surface area contributed by atoms with Crippen molar-refractivity contribution in [2.45, 2.75) is 19.3 Å². The number of fused-ring (bicyclic) bond motifs is 1. The zero-order valence-electron chi connectivity index (χ0n) is 11.5. The van der Waals surface area contributed by atoms with Crippen molar-refractivity contribution < 1.29 is 4.74 Å².